The van der Waals surface area contributed by atoms with E-state index in [0.29, 0.717) is 16.7 Å². The smallest absolute Gasteiger partial charge is 0.251 e. The molecule has 1 aromatic heterocycles. The quantitative estimate of drug-likeness (QED) is 0.779. The molecule has 0 atom stereocenters. The van der Waals surface area contributed by atoms with E-state index in [-0.39, 0.29) is 17.7 Å². The molecular formula is C18H20N4O2S. The molecule has 1 aromatic carbocycles. The molecule has 3 rings (SSSR count). The molecule has 1 fully saturated rings. The molecule has 0 radical (unpaired) electrons. The average molecular weight is 356 g/mol. The van der Waals surface area contributed by atoms with Crippen molar-refractivity contribution in [2.45, 2.75) is 38.6 Å². The zero-order valence-corrected chi connectivity index (χ0v) is 15.0. The zero-order valence-electron chi connectivity index (χ0n) is 14.2. The molecule has 6 nitrogen and oxygen atoms in total. The van der Waals surface area contributed by atoms with Crippen LogP contribution in [-0.4, -0.2) is 28.1 Å². The van der Waals surface area contributed by atoms with Gasteiger partial charge >= 0.3 is 0 Å². The van der Waals surface area contributed by atoms with Gasteiger partial charge in [-0.2, -0.15) is 0 Å². The molecule has 130 valence electrons. The molecule has 1 aliphatic rings. The minimum Gasteiger partial charge on any atom is -0.349 e. The summed E-state index contributed by atoms with van der Waals surface area (Å²) in [6, 6.07) is 7.48. The summed E-state index contributed by atoms with van der Waals surface area (Å²) in [5, 5.41) is 15.0. The van der Waals surface area contributed by atoms with Crippen molar-refractivity contribution in [1.29, 1.82) is 0 Å². The largest absolute Gasteiger partial charge is 0.349 e. The van der Waals surface area contributed by atoms with Gasteiger partial charge in [0.25, 0.3) is 5.91 Å². The Bertz CT molecular complexity index is 792. The molecule has 1 saturated carbocycles. The van der Waals surface area contributed by atoms with E-state index in [1.807, 2.05) is 26.0 Å². The van der Waals surface area contributed by atoms with Gasteiger partial charge in [-0.15, -0.1) is 10.2 Å². The number of hydrogen-bond acceptors (Lipinski definition) is 5. The molecule has 25 heavy (non-hydrogen) atoms. The van der Waals surface area contributed by atoms with E-state index >= 15 is 0 Å². The lowest BCUT2D eigenvalue weighted by molar-refractivity contribution is -0.111. The van der Waals surface area contributed by atoms with Gasteiger partial charge in [0.2, 0.25) is 11.0 Å². The number of nitrogens with zero attached hydrogens (tertiary/aromatic N) is 2. The lowest BCUT2D eigenvalue weighted by atomic mass is 10.1. The van der Waals surface area contributed by atoms with Crippen LogP contribution in [0.4, 0.5) is 5.13 Å². The van der Waals surface area contributed by atoms with Gasteiger partial charge in [-0.1, -0.05) is 37.3 Å². The molecule has 0 spiro atoms. The van der Waals surface area contributed by atoms with Crippen molar-refractivity contribution in [3.05, 3.63) is 46.5 Å². The van der Waals surface area contributed by atoms with Crippen LogP contribution in [0.5, 0.6) is 0 Å². The summed E-state index contributed by atoms with van der Waals surface area (Å²) >= 11 is 1.37. The average Bonchev–Trinajstić information content (AvgIpc) is 3.28. The SMILES string of the molecule is CC(C)c1nnc(NC(=O)/C=C/c2ccc(C(=O)NC3CC3)cc2)s1. The number of amides is 2. The summed E-state index contributed by atoms with van der Waals surface area (Å²) in [4.78, 5) is 23.9. The highest BCUT2D eigenvalue weighted by atomic mass is 32.1. The first-order chi connectivity index (χ1) is 12.0. The third-order valence-corrected chi connectivity index (χ3v) is 4.82. The number of hydrogen-bond donors (Lipinski definition) is 2. The maximum atomic E-state index is 11.9. The van der Waals surface area contributed by atoms with E-state index in [1.54, 1.807) is 18.2 Å². The van der Waals surface area contributed by atoms with E-state index in [2.05, 4.69) is 20.8 Å². The van der Waals surface area contributed by atoms with Crippen molar-refractivity contribution < 1.29 is 9.59 Å². The standard InChI is InChI=1S/C18H20N4O2S/c1-11(2)17-21-22-18(25-17)20-15(23)10-5-12-3-6-13(7-4-12)16(24)19-14-8-9-14/h3-7,10-11,14H,8-9H2,1-2H3,(H,19,24)(H,20,22,23)/b10-5+. The molecule has 2 aromatic rings. The minimum absolute atomic E-state index is 0.0481. The number of nitrogens with one attached hydrogen (secondary N) is 2. The van der Waals surface area contributed by atoms with E-state index in [0.717, 1.165) is 23.4 Å². The summed E-state index contributed by atoms with van der Waals surface area (Å²) in [5.41, 5.74) is 1.47. The second kappa shape index (κ2) is 7.57. The van der Waals surface area contributed by atoms with Crippen LogP contribution in [-0.2, 0) is 4.79 Å². The summed E-state index contributed by atoms with van der Waals surface area (Å²) < 4.78 is 0. The molecule has 1 heterocycles. The Morgan fingerprint density at radius 1 is 1.20 bits per heavy atom. The topological polar surface area (TPSA) is 84.0 Å². The normalized spacial score (nSPS) is 14.0. The molecule has 0 aliphatic heterocycles. The van der Waals surface area contributed by atoms with Gasteiger partial charge in [0, 0.05) is 23.6 Å². The predicted octanol–water partition coefficient (Wildman–Crippen LogP) is 3.21. The number of carbonyl (C=O) groups is 2. The van der Waals surface area contributed by atoms with Gasteiger partial charge in [0.15, 0.2) is 0 Å². The van der Waals surface area contributed by atoms with E-state index in [4.69, 9.17) is 0 Å². The highest BCUT2D eigenvalue weighted by molar-refractivity contribution is 7.15. The third-order valence-electron chi connectivity index (χ3n) is 3.68. The van der Waals surface area contributed by atoms with Gasteiger partial charge in [0.1, 0.15) is 5.01 Å². The molecule has 2 amide bonds. The fourth-order valence-corrected chi connectivity index (χ4v) is 2.83. The van der Waals surface area contributed by atoms with Crippen LogP contribution in [0.15, 0.2) is 30.3 Å². The van der Waals surface area contributed by atoms with E-state index < -0.39 is 0 Å². The molecule has 1 aliphatic carbocycles. The molecule has 0 unspecified atom stereocenters. The summed E-state index contributed by atoms with van der Waals surface area (Å²) in [6.07, 6.45) is 5.27. The first-order valence-corrected chi connectivity index (χ1v) is 9.06. The highest BCUT2D eigenvalue weighted by Gasteiger charge is 2.23. The predicted molar refractivity (Wildman–Crippen MR) is 98.6 cm³/mol. The first-order valence-electron chi connectivity index (χ1n) is 8.24. The Hall–Kier alpha value is -2.54. The van der Waals surface area contributed by atoms with Gasteiger partial charge in [-0.3, -0.25) is 14.9 Å². The van der Waals surface area contributed by atoms with E-state index in [1.165, 1.54) is 17.4 Å². The van der Waals surface area contributed by atoms with Crippen molar-refractivity contribution in [1.82, 2.24) is 15.5 Å². The Morgan fingerprint density at radius 2 is 1.92 bits per heavy atom. The Kier molecular flexibility index (Phi) is 5.23. The molecule has 0 saturated heterocycles. The van der Waals surface area contributed by atoms with Gasteiger partial charge < -0.3 is 5.32 Å². The van der Waals surface area contributed by atoms with Crippen molar-refractivity contribution in [2.24, 2.45) is 0 Å². The van der Waals surface area contributed by atoms with Crippen molar-refractivity contribution in [3.63, 3.8) is 0 Å². The minimum atomic E-state index is -0.262. The van der Waals surface area contributed by atoms with Crippen LogP contribution in [0.25, 0.3) is 6.08 Å². The fourth-order valence-electron chi connectivity index (χ4n) is 2.08. The Balaban J connectivity index is 1.55. The Morgan fingerprint density at radius 3 is 2.52 bits per heavy atom. The summed E-state index contributed by atoms with van der Waals surface area (Å²) in [6.45, 7) is 4.06. The van der Waals surface area contributed by atoms with Crippen LogP contribution >= 0.6 is 11.3 Å². The second-order valence-corrected chi connectivity index (χ2v) is 7.30. The lowest BCUT2D eigenvalue weighted by Gasteiger charge is -2.03. The molecule has 0 bridgehead atoms. The van der Waals surface area contributed by atoms with Crippen molar-refractivity contribution in [3.8, 4) is 0 Å². The number of aromatic nitrogens is 2. The highest BCUT2D eigenvalue weighted by Crippen LogP contribution is 2.22. The number of rotatable bonds is 6. The molecular weight excluding hydrogens is 336 g/mol. The maximum Gasteiger partial charge on any atom is 0.251 e. The van der Waals surface area contributed by atoms with Gasteiger partial charge in [-0.05, 0) is 36.6 Å². The van der Waals surface area contributed by atoms with Gasteiger partial charge in [-0.25, -0.2) is 0 Å². The maximum absolute atomic E-state index is 11.9. The van der Waals surface area contributed by atoms with E-state index in [9.17, 15) is 9.59 Å². The monoisotopic (exact) mass is 356 g/mol. The van der Waals surface area contributed by atoms with Gasteiger partial charge in [0.05, 0.1) is 0 Å². The number of carbonyl (C=O) groups excluding carboxylic acids is 2. The zero-order chi connectivity index (χ0) is 17.8. The van der Waals surface area contributed by atoms with Crippen LogP contribution < -0.4 is 10.6 Å². The fraction of sp³-hybridized carbons (Fsp3) is 0.333. The number of benzene rings is 1. The summed E-state index contributed by atoms with van der Waals surface area (Å²) in [7, 11) is 0. The van der Waals surface area contributed by atoms with Crippen LogP contribution in [0.1, 0.15) is 53.5 Å². The lowest BCUT2D eigenvalue weighted by Crippen LogP contribution is -2.25. The second-order valence-electron chi connectivity index (χ2n) is 6.29. The van der Waals surface area contributed by atoms with Crippen LogP contribution in [0.2, 0.25) is 0 Å². The molecule has 7 heteroatoms. The first kappa shape index (κ1) is 17.3. The third kappa shape index (κ3) is 4.96. The van der Waals surface area contributed by atoms with Crippen molar-refractivity contribution in [2.75, 3.05) is 5.32 Å². The Labute approximate surface area is 150 Å². The van der Waals surface area contributed by atoms with Crippen LogP contribution in [0.3, 0.4) is 0 Å². The molecule has 2 N–H and O–H groups in total. The van der Waals surface area contributed by atoms with Crippen LogP contribution in [0, 0.1) is 0 Å². The number of anilines is 1. The summed E-state index contributed by atoms with van der Waals surface area (Å²) in [5.74, 6) is -0.0238. The van der Waals surface area contributed by atoms with Crippen molar-refractivity contribution >= 4 is 34.4 Å².